The monoisotopic (exact) mass is 451 g/mol. The number of amides is 1. The third kappa shape index (κ3) is 4.65. The average Bonchev–Trinajstić information content (AvgIpc) is 3.22. The molecule has 10 heteroatoms. The summed E-state index contributed by atoms with van der Waals surface area (Å²) in [6.07, 6.45) is 0. The fourth-order valence-corrected chi connectivity index (χ4v) is 4.04. The van der Waals surface area contributed by atoms with Crippen molar-refractivity contribution in [3.8, 4) is 11.4 Å². The summed E-state index contributed by atoms with van der Waals surface area (Å²) < 4.78 is 41.3. The minimum atomic E-state index is -4.09. The van der Waals surface area contributed by atoms with Crippen LogP contribution in [0.15, 0.2) is 77.7 Å². The molecule has 3 N–H and O–H groups in total. The number of anilines is 2. The van der Waals surface area contributed by atoms with Gasteiger partial charge in [0.25, 0.3) is 15.9 Å². The van der Waals surface area contributed by atoms with Gasteiger partial charge in [-0.1, -0.05) is 18.2 Å². The molecule has 162 valence electrons. The molecule has 1 heterocycles. The molecule has 0 bridgehead atoms. The molecule has 1 amide bonds. The number of carbonyl (C=O) groups excluding carboxylic acids is 1. The molecular formula is C22H18FN5O3S. The highest BCUT2D eigenvalue weighted by Gasteiger charge is 2.18. The molecule has 3 aromatic carbocycles. The quantitative estimate of drug-likeness (QED) is 0.410. The average molecular weight is 451 g/mol. The summed E-state index contributed by atoms with van der Waals surface area (Å²) in [5, 5.41) is 9.56. The molecule has 1 aromatic heterocycles. The van der Waals surface area contributed by atoms with Crippen molar-refractivity contribution >= 4 is 27.3 Å². The number of nitrogens with one attached hydrogen (secondary N) is 3. The van der Waals surface area contributed by atoms with Crippen molar-refractivity contribution in [3.05, 3.63) is 90.0 Å². The predicted molar refractivity (Wildman–Crippen MR) is 118 cm³/mol. The Balaban J connectivity index is 1.50. The van der Waals surface area contributed by atoms with E-state index in [1.54, 1.807) is 31.2 Å². The number of aromatic amines is 1. The number of benzene rings is 3. The summed E-state index contributed by atoms with van der Waals surface area (Å²) in [7, 11) is -4.09. The minimum Gasteiger partial charge on any atom is -0.322 e. The van der Waals surface area contributed by atoms with Crippen molar-refractivity contribution < 1.29 is 17.6 Å². The van der Waals surface area contributed by atoms with E-state index in [0.29, 0.717) is 17.3 Å². The van der Waals surface area contributed by atoms with Crippen molar-refractivity contribution in [2.75, 3.05) is 10.0 Å². The lowest BCUT2D eigenvalue weighted by Gasteiger charge is -2.10. The maximum Gasteiger partial charge on any atom is 0.262 e. The maximum absolute atomic E-state index is 13.8. The fraction of sp³-hybridized carbons (Fsp3) is 0.0455. The largest absolute Gasteiger partial charge is 0.322 e. The molecule has 0 spiro atoms. The van der Waals surface area contributed by atoms with E-state index in [-0.39, 0.29) is 16.1 Å². The molecule has 0 fully saturated rings. The SMILES string of the molecule is Cc1nc(-c2ccc(NC(=O)c3cccc(S(=O)(=O)Nc4ccccc4F)c3)cc2)n[nH]1. The summed E-state index contributed by atoms with van der Waals surface area (Å²) in [5.74, 6) is 0.0420. The number of rotatable bonds is 6. The topological polar surface area (TPSA) is 117 Å². The predicted octanol–water partition coefficient (Wildman–Crippen LogP) is 3.97. The number of halogens is 1. The van der Waals surface area contributed by atoms with Gasteiger partial charge in [-0.3, -0.25) is 14.6 Å². The van der Waals surface area contributed by atoms with Crippen molar-refractivity contribution in [3.63, 3.8) is 0 Å². The van der Waals surface area contributed by atoms with E-state index in [9.17, 15) is 17.6 Å². The van der Waals surface area contributed by atoms with Crippen LogP contribution < -0.4 is 10.0 Å². The Morgan fingerprint density at radius 2 is 1.75 bits per heavy atom. The molecule has 0 atom stereocenters. The number of aryl methyl sites for hydroxylation is 1. The van der Waals surface area contributed by atoms with E-state index in [2.05, 4.69) is 25.2 Å². The Labute approximate surface area is 183 Å². The maximum atomic E-state index is 13.8. The van der Waals surface area contributed by atoms with Crippen LogP contribution in [0.3, 0.4) is 0 Å². The van der Waals surface area contributed by atoms with Gasteiger partial charge in [0.05, 0.1) is 10.6 Å². The standard InChI is InChI=1S/C22H18FN5O3S/c1-14-24-21(27-26-14)15-9-11-17(12-10-15)25-22(29)16-5-4-6-18(13-16)32(30,31)28-20-8-3-2-7-19(20)23/h2-13,28H,1H3,(H,25,29)(H,24,26,27). The van der Waals surface area contributed by atoms with Crippen LogP contribution in [0.5, 0.6) is 0 Å². The van der Waals surface area contributed by atoms with Crippen LogP contribution in [0.4, 0.5) is 15.8 Å². The van der Waals surface area contributed by atoms with Crippen LogP contribution >= 0.6 is 0 Å². The molecule has 0 aliphatic carbocycles. The molecule has 4 aromatic rings. The third-order valence-corrected chi connectivity index (χ3v) is 5.89. The number of H-pyrrole nitrogens is 1. The van der Waals surface area contributed by atoms with E-state index in [1.807, 2.05) is 0 Å². The van der Waals surface area contributed by atoms with Gasteiger partial charge in [-0.05, 0) is 61.5 Å². The molecule has 8 nitrogen and oxygen atoms in total. The third-order valence-electron chi connectivity index (χ3n) is 4.52. The Bertz CT molecular complexity index is 1380. The first kappa shape index (κ1) is 21.2. The van der Waals surface area contributed by atoms with Crippen LogP contribution in [0.1, 0.15) is 16.2 Å². The molecular weight excluding hydrogens is 433 g/mol. The second kappa shape index (κ2) is 8.60. The number of para-hydroxylation sites is 1. The summed E-state index contributed by atoms with van der Waals surface area (Å²) in [5.41, 5.74) is 1.25. The van der Waals surface area contributed by atoms with Crippen molar-refractivity contribution in [2.24, 2.45) is 0 Å². The Hall–Kier alpha value is -4.05. The zero-order valence-electron chi connectivity index (χ0n) is 16.8. The van der Waals surface area contributed by atoms with Gasteiger partial charge in [-0.2, -0.15) is 5.10 Å². The van der Waals surface area contributed by atoms with Gasteiger partial charge in [0.2, 0.25) is 0 Å². The Morgan fingerprint density at radius 1 is 1.00 bits per heavy atom. The molecule has 0 saturated carbocycles. The van der Waals surface area contributed by atoms with Gasteiger partial charge in [-0.25, -0.2) is 17.8 Å². The van der Waals surface area contributed by atoms with Crippen LogP contribution in [-0.2, 0) is 10.0 Å². The number of sulfonamides is 1. The van der Waals surface area contributed by atoms with E-state index >= 15 is 0 Å². The highest BCUT2D eigenvalue weighted by Crippen LogP contribution is 2.21. The fourth-order valence-electron chi connectivity index (χ4n) is 2.93. The Morgan fingerprint density at radius 3 is 2.44 bits per heavy atom. The lowest BCUT2D eigenvalue weighted by molar-refractivity contribution is 0.102. The van der Waals surface area contributed by atoms with Crippen LogP contribution in [0, 0.1) is 12.7 Å². The number of hydrogen-bond donors (Lipinski definition) is 3. The zero-order chi connectivity index (χ0) is 22.7. The normalized spacial score (nSPS) is 11.2. The second-order valence-corrected chi connectivity index (χ2v) is 8.57. The molecule has 0 saturated heterocycles. The summed E-state index contributed by atoms with van der Waals surface area (Å²) in [4.78, 5) is 16.7. The van der Waals surface area contributed by atoms with E-state index in [0.717, 1.165) is 11.6 Å². The van der Waals surface area contributed by atoms with E-state index in [4.69, 9.17) is 0 Å². The summed E-state index contributed by atoms with van der Waals surface area (Å²) in [6, 6.07) is 17.8. The van der Waals surface area contributed by atoms with Crippen molar-refractivity contribution in [2.45, 2.75) is 11.8 Å². The number of aromatic nitrogens is 3. The molecule has 0 aliphatic heterocycles. The Kier molecular flexibility index (Phi) is 5.69. The van der Waals surface area contributed by atoms with Gasteiger partial charge in [-0.15, -0.1) is 0 Å². The molecule has 32 heavy (non-hydrogen) atoms. The minimum absolute atomic E-state index is 0.134. The summed E-state index contributed by atoms with van der Waals surface area (Å²) >= 11 is 0. The first-order chi connectivity index (χ1) is 15.3. The van der Waals surface area contributed by atoms with Gasteiger partial charge in [0, 0.05) is 16.8 Å². The van der Waals surface area contributed by atoms with E-state index in [1.165, 1.54) is 42.5 Å². The van der Waals surface area contributed by atoms with Gasteiger partial charge in [0.1, 0.15) is 11.6 Å². The van der Waals surface area contributed by atoms with Crippen molar-refractivity contribution in [1.82, 2.24) is 15.2 Å². The van der Waals surface area contributed by atoms with Gasteiger partial charge >= 0.3 is 0 Å². The second-order valence-electron chi connectivity index (χ2n) is 6.89. The highest BCUT2D eigenvalue weighted by atomic mass is 32.2. The zero-order valence-corrected chi connectivity index (χ0v) is 17.7. The van der Waals surface area contributed by atoms with Gasteiger partial charge < -0.3 is 5.32 Å². The number of hydrogen-bond acceptors (Lipinski definition) is 5. The number of nitrogens with zero attached hydrogens (tertiary/aromatic N) is 2. The first-order valence-corrected chi connectivity index (χ1v) is 11.0. The van der Waals surface area contributed by atoms with Crippen molar-refractivity contribution in [1.29, 1.82) is 0 Å². The number of carbonyl (C=O) groups is 1. The first-order valence-electron chi connectivity index (χ1n) is 9.50. The van der Waals surface area contributed by atoms with Gasteiger partial charge in [0.15, 0.2) is 5.82 Å². The molecule has 0 aliphatic rings. The molecule has 0 radical (unpaired) electrons. The molecule has 0 unspecified atom stereocenters. The highest BCUT2D eigenvalue weighted by molar-refractivity contribution is 7.92. The lowest BCUT2D eigenvalue weighted by atomic mass is 10.1. The van der Waals surface area contributed by atoms with Crippen LogP contribution in [0.25, 0.3) is 11.4 Å². The molecule has 4 rings (SSSR count). The van der Waals surface area contributed by atoms with Crippen LogP contribution in [0.2, 0.25) is 0 Å². The summed E-state index contributed by atoms with van der Waals surface area (Å²) in [6.45, 7) is 1.80. The lowest BCUT2D eigenvalue weighted by Crippen LogP contribution is -2.16. The van der Waals surface area contributed by atoms with Crippen LogP contribution in [-0.4, -0.2) is 29.5 Å². The van der Waals surface area contributed by atoms with E-state index < -0.39 is 21.7 Å². The smallest absolute Gasteiger partial charge is 0.262 e.